The van der Waals surface area contributed by atoms with E-state index in [1.807, 2.05) is 11.7 Å². The number of aromatic nitrogens is 2. The molecule has 6 heteroatoms. The van der Waals surface area contributed by atoms with Crippen molar-refractivity contribution < 1.29 is 4.79 Å². The molecule has 0 aliphatic heterocycles. The molecule has 5 nitrogen and oxygen atoms in total. The molecule has 0 unspecified atom stereocenters. The highest BCUT2D eigenvalue weighted by atomic mass is 32.2. The van der Waals surface area contributed by atoms with Crippen molar-refractivity contribution >= 4 is 17.7 Å². The van der Waals surface area contributed by atoms with E-state index in [4.69, 9.17) is 5.84 Å². The van der Waals surface area contributed by atoms with E-state index in [0.717, 1.165) is 0 Å². The van der Waals surface area contributed by atoms with Crippen LogP contribution < -0.4 is 11.3 Å². The number of hydrogen-bond donors (Lipinski definition) is 2. The van der Waals surface area contributed by atoms with Crippen LogP contribution >= 0.6 is 11.8 Å². The van der Waals surface area contributed by atoms with Crippen LogP contribution in [-0.2, 0) is 0 Å². The van der Waals surface area contributed by atoms with Crippen LogP contribution in [0.15, 0.2) is 17.4 Å². The Morgan fingerprint density at radius 1 is 1.75 bits per heavy atom. The summed E-state index contributed by atoms with van der Waals surface area (Å²) in [6.45, 7) is 0. The van der Waals surface area contributed by atoms with Crippen molar-refractivity contribution in [3.8, 4) is 0 Å². The van der Waals surface area contributed by atoms with Gasteiger partial charge >= 0.3 is 0 Å². The zero-order chi connectivity index (χ0) is 8.97. The number of hydrogen-bond acceptors (Lipinski definition) is 5. The molecule has 1 rings (SSSR count). The first-order chi connectivity index (χ1) is 5.77. The average molecular weight is 184 g/mol. The molecule has 64 valence electrons. The fourth-order valence-electron chi connectivity index (χ4n) is 0.640. The van der Waals surface area contributed by atoms with Crippen LogP contribution in [0.1, 0.15) is 10.5 Å². The standard InChI is InChI=1S/C6H8N4OS/c1-12-6-8-3-2-4(9-6)5(11)10-7/h2-3H,7H2,1H3,(H,10,11). The molecule has 0 spiro atoms. The first-order valence-corrected chi connectivity index (χ1v) is 4.38. The zero-order valence-electron chi connectivity index (χ0n) is 6.44. The van der Waals surface area contributed by atoms with Crippen LogP contribution in [-0.4, -0.2) is 22.1 Å². The lowest BCUT2D eigenvalue weighted by atomic mass is 10.4. The van der Waals surface area contributed by atoms with Crippen LogP contribution in [0.2, 0.25) is 0 Å². The van der Waals surface area contributed by atoms with E-state index < -0.39 is 5.91 Å². The van der Waals surface area contributed by atoms with Crippen molar-refractivity contribution in [2.45, 2.75) is 5.16 Å². The molecular weight excluding hydrogens is 176 g/mol. The lowest BCUT2D eigenvalue weighted by Crippen LogP contribution is -2.30. The predicted octanol–water partition coefficient (Wildman–Crippen LogP) is -0.198. The molecule has 12 heavy (non-hydrogen) atoms. The van der Waals surface area contributed by atoms with Gasteiger partial charge in [-0.25, -0.2) is 15.8 Å². The summed E-state index contributed by atoms with van der Waals surface area (Å²) < 4.78 is 0. The van der Waals surface area contributed by atoms with E-state index in [1.165, 1.54) is 24.0 Å². The third kappa shape index (κ3) is 1.93. The Morgan fingerprint density at radius 3 is 3.08 bits per heavy atom. The third-order valence-electron chi connectivity index (χ3n) is 1.18. The number of nitrogens with one attached hydrogen (secondary N) is 1. The molecule has 0 bridgehead atoms. The van der Waals surface area contributed by atoms with Crippen LogP contribution in [0.4, 0.5) is 0 Å². The Kier molecular flexibility index (Phi) is 3.01. The second kappa shape index (κ2) is 4.03. The van der Waals surface area contributed by atoms with Gasteiger partial charge in [-0.05, 0) is 12.3 Å². The molecule has 0 aliphatic rings. The number of thioether (sulfide) groups is 1. The summed E-state index contributed by atoms with van der Waals surface area (Å²) in [4.78, 5) is 18.8. The Labute approximate surface area is 73.7 Å². The van der Waals surface area contributed by atoms with Gasteiger partial charge in [-0.3, -0.25) is 10.2 Å². The van der Waals surface area contributed by atoms with E-state index in [2.05, 4.69) is 9.97 Å². The second-order valence-corrected chi connectivity index (χ2v) is 2.68. The fourth-order valence-corrected chi connectivity index (χ4v) is 0.995. The first kappa shape index (κ1) is 8.95. The summed E-state index contributed by atoms with van der Waals surface area (Å²) in [7, 11) is 0. The van der Waals surface area contributed by atoms with Crippen molar-refractivity contribution in [2.75, 3.05) is 6.26 Å². The van der Waals surface area contributed by atoms with E-state index in [1.54, 1.807) is 0 Å². The van der Waals surface area contributed by atoms with Crippen molar-refractivity contribution in [3.63, 3.8) is 0 Å². The monoisotopic (exact) mass is 184 g/mol. The molecule has 1 aromatic heterocycles. The molecule has 1 amide bonds. The highest BCUT2D eigenvalue weighted by Gasteiger charge is 2.05. The Morgan fingerprint density at radius 2 is 2.50 bits per heavy atom. The number of rotatable bonds is 2. The number of hydrazine groups is 1. The van der Waals surface area contributed by atoms with Crippen molar-refractivity contribution in [1.29, 1.82) is 0 Å². The minimum Gasteiger partial charge on any atom is -0.289 e. The van der Waals surface area contributed by atoms with Gasteiger partial charge in [-0.2, -0.15) is 0 Å². The van der Waals surface area contributed by atoms with Crippen LogP contribution in [0, 0.1) is 0 Å². The summed E-state index contributed by atoms with van der Waals surface area (Å²) in [6.07, 6.45) is 3.35. The maximum atomic E-state index is 10.9. The van der Waals surface area contributed by atoms with Gasteiger partial charge in [-0.15, -0.1) is 0 Å². The molecule has 0 saturated carbocycles. The maximum absolute atomic E-state index is 10.9. The van der Waals surface area contributed by atoms with Crippen molar-refractivity contribution in [1.82, 2.24) is 15.4 Å². The van der Waals surface area contributed by atoms with E-state index in [-0.39, 0.29) is 5.69 Å². The van der Waals surface area contributed by atoms with Gasteiger partial charge in [0.15, 0.2) is 5.16 Å². The van der Waals surface area contributed by atoms with Gasteiger partial charge in [0.05, 0.1) is 0 Å². The number of nitrogens with two attached hydrogens (primary N) is 1. The second-order valence-electron chi connectivity index (χ2n) is 1.90. The third-order valence-corrected chi connectivity index (χ3v) is 1.74. The van der Waals surface area contributed by atoms with Crippen molar-refractivity contribution in [3.05, 3.63) is 18.0 Å². The topological polar surface area (TPSA) is 80.9 Å². The van der Waals surface area contributed by atoms with E-state index in [9.17, 15) is 4.79 Å². The van der Waals surface area contributed by atoms with Gasteiger partial charge in [0.2, 0.25) is 0 Å². The summed E-state index contributed by atoms with van der Waals surface area (Å²) in [5, 5.41) is 0.552. The first-order valence-electron chi connectivity index (χ1n) is 3.16. The minimum atomic E-state index is -0.410. The molecule has 0 fully saturated rings. The highest BCUT2D eigenvalue weighted by molar-refractivity contribution is 7.98. The molecule has 0 radical (unpaired) electrons. The number of carbonyl (C=O) groups is 1. The van der Waals surface area contributed by atoms with Gasteiger partial charge in [-0.1, -0.05) is 11.8 Å². The van der Waals surface area contributed by atoms with Gasteiger partial charge in [0.25, 0.3) is 5.91 Å². The summed E-state index contributed by atoms with van der Waals surface area (Å²) >= 11 is 1.37. The van der Waals surface area contributed by atoms with Crippen LogP contribution in [0.5, 0.6) is 0 Å². The maximum Gasteiger partial charge on any atom is 0.283 e. The molecule has 0 saturated heterocycles. The van der Waals surface area contributed by atoms with E-state index in [0.29, 0.717) is 5.16 Å². The quantitative estimate of drug-likeness (QED) is 0.219. The largest absolute Gasteiger partial charge is 0.289 e. The molecule has 0 atom stereocenters. The summed E-state index contributed by atoms with van der Waals surface area (Å²) in [5.41, 5.74) is 2.27. The SMILES string of the molecule is CSc1nccc(C(=O)NN)n1. The lowest BCUT2D eigenvalue weighted by molar-refractivity contribution is 0.0947. The zero-order valence-corrected chi connectivity index (χ0v) is 7.26. The number of nitrogens with zero attached hydrogens (tertiary/aromatic N) is 2. The lowest BCUT2D eigenvalue weighted by Gasteiger charge is -1.98. The predicted molar refractivity (Wildman–Crippen MR) is 45.5 cm³/mol. The van der Waals surface area contributed by atoms with Gasteiger partial charge in [0.1, 0.15) is 5.69 Å². The molecule has 1 aromatic rings. The minimum absolute atomic E-state index is 0.275. The smallest absolute Gasteiger partial charge is 0.283 e. The molecule has 1 heterocycles. The highest BCUT2D eigenvalue weighted by Crippen LogP contribution is 2.06. The molecule has 0 aliphatic carbocycles. The van der Waals surface area contributed by atoms with Gasteiger partial charge < -0.3 is 0 Å². The summed E-state index contributed by atoms with van der Waals surface area (Å²) in [5.74, 6) is 4.52. The van der Waals surface area contributed by atoms with E-state index >= 15 is 0 Å². The van der Waals surface area contributed by atoms with Crippen molar-refractivity contribution in [2.24, 2.45) is 5.84 Å². The Balaban J connectivity index is 2.93. The normalized spacial score (nSPS) is 9.50. The number of carbonyl (C=O) groups excluding carboxylic acids is 1. The van der Waals surface area contributed by atoms with Gasteiger partial charge in [0, 0.05) is 6.20 Å². The molecule has 3 N–H and O–H groups in total. The van der Waals surface area contributed by atoms with Crippen LogP contribution in [0.25, 0.3) is 0 Å². The summed E-state index contributed by atoms with van der Waals surface area (Å²) in [6, 6.07) is 1.50. The molecule has 0 aromatic carbocycles. The van der Waals surface area contributed by atoms with Crippen LogP contribution in [0.3, 0.4) is 0 Å². The Hall–Kier alpha value is -1.14. The molecular formula is C6H8N4OS. The number of nitrogen functional groups attached to an aromatic ring is 1. The average Bonchev–Trinajstić information content (AvgIpc) is 2.17. The fraction of sp³-hybridized carbons (Fsp3) is 0.167. The number of amides is 1. The Bertz CT molecular complexity index is 291.